The fraction of sp³-hybridized carbons (Fsp3) is 0. The Morgan fingerprint density at radius 1 is 1.22 bits per heavy atom. The topological polar surface area (TPSA) is 85.1 Å². The number of aromatic nitrogens is 1. The second-order valence-electron chi connectivity index (χ2n) is 3.52. The molecular weight excluding hydrogens is 274 g/mol. The molecule has 0 saturated carbocycles. The molecule has 0 aliphatic heterocycles. The number of sulfonamides is 1. The van der Waals surface area contributed by atoms with Gasteiger partial charge in [-0.15, -0.1) is 0 Å². The molecular formula is C11H10ClN3O2S. The highest BCUT2D eigenvalue weighted by molar-refractivity contribution is 7.92. The summed E-state index contributed by atoms with van der Waals surface area (Å²) >= 11 is 5.79. The summed E-state index contributed by atoms with van der Waals surface area (Å²) in [4.78, 5) is 3.86. The Morgan fingerprint density at radius 3 is 2.67 bits per heavy atom. The number of nitrogen functional groups attached to an aromatic ring is 1. The van der Waals surface area contributed by atoms with Gasteiger partial charge in [0.15, 0.2) is 5.15 Å². The molecule has 18 heavy (non-hydrogen) atoms. The number of nitrogens with two attached hydrogens (primary N) is 1. The van der Waals surface area contributed by atoms with Crippen LogP contribution in [0.5, 0.6) is 0 Å². The number of hydrogen-bond acceptors (Lipinski definition) is 4. The largest absolute Gasteiger partial charge is 0.399 e. The van der Waals surface area contributed by atoms with E-state index < -0.39 is 10.0 Å². The Balaban J connectivity index is 2.37. The van der Waals surface area contributed by atoms with E-state index in [-0.39, 0.29) is 15.7 Å². The molecule has 3 N–H and O–H groups in total. The summed E-state index contributed by atoms with van der Waals surface area (Å²) in [6.07, 6.45) is 1.47. The van der Waals surface area contributed by atoms with Crippen molar-refractivity contribution in [2.45, 2.75) is 4.90 Å². The van der Waals surface area contributed by atoms with E-state index in [9.17, 15) is 8.42 Å². The Morgan fingerprint density at radius 2 is 2.00 bits per heavy atom. The van der Waals surface area contributed by atoms with E-state index in [0.29, 0.717) is 5.69 Å². The van der Waals surface area contributed by atoms with Gasteiger partial charge in [0.05, 0.1) is 10.6 Å². The third kappa shape index (κ3) is 2.72. The summed E-state index contributed by atoms with van der Waals surface area (Å²) in [5, 5.41) is 0.0879. The quantitative estimate of drug-likeness (QED) is 0.667. The second kappa shape index (κ2) is 4.83. The van der Waals surface area contributed by atoms with Crippen LogP contribution in [0.1, 0.15) is 0 Å². The van der Waals surface area contributed by atoms with Gasteiger partial charge >= 0.3 is 0 Å². The van der Waals surface area contributed by atoms with Crippen LogP contribution in [0.15, 0.2) is 47.5 Å². The van der Waals surface area contributed by atoms with Gasteiger partial charge in [0.1, 0.15) is 0 Å². The third-order valence-electron chi connectivity index (χ3n) is 2.17. The summed E-state index contributed by atoms with van der Waals surface area (Å²) in [7, 11) is -3.71. The molecule has 0 saturated heterocycles. The van der Waals surface area contributed by atoms with Gasteiger partial charge in [-0.05, 0) is 30.3 Å². The van der Waals surface area contributed by atoms with Crippen molar-refractivity contribution >= 4 is 33.0 Å². The van der Waals surface area contributed by atoms with Crippen LogP contribution in [-0.2, 0) is 10.0 Å². The lowest BCUT2D eigenvalue weighted by atomic mass is 10.3. The van der Waals surface area contributed by atoms with E-state index in [1.807, 2.05) is 0 Å². The maximum Gasteiger partial charge on any atom is 0.262 e. The molecule has 0 atom stereocenters. The van der Waals surface area contributed by atoms with Gasteiger partial charge in [0.2, 0.25) is 0 Å². The highest BCUT2D eigenvalue weighted by Gasteiger charge is 2.15. The molecule has 0 spiro atoms. The molecule has 94 valence electrons. The van der Waals surface area contributed by atoms with Crippen molar-refractivity contribution in [3.8, 4) is 0 Å². The maximum absolute atomic E-state index is 12.1. The number of nitrogens with zero attached hydrogens (tertiary/aromatic N) is 1. The lowest BCUT2D eigenvalue weighted by Crippen LogP contribution is -2.13. The first-order chi connectivity index (χ1) is 8.49. The fourth-order valence-corrected chi connectivity index (χ4v) is 2.69. The predicted molar refractivity (Wildman–Crippen MR) is 70.9 cm³/mol. The van der Waals surface area contributed by atoms with E-state index in [0.717, 1.165) is 0 Å². The van der Waals surface area contributed by atoms with E-state index in [1.165, 1.54) is 24.4 Å². The minimum absolute atomic E-state index is 0.0717. The van der Waals surface area contributed by atoms with Crippen molar-refractivity contribution in [2.75, 3.05) is 10.5 Å². The molecule has 2 aromatic rings. The fourth-order valence-electron chi connectivity index (χ4n) is 1.35. The Bertz CT molecular complexity index is 673. The van der Waals surface area contributed by atoms with Crippen LogP contribution in [0.25, 0.3) is 0 Å². The van der Waals surface area contributed by atoms with E-state index in [4.69, 9.17) is 17.3 Å². The van der Waals surface area contributed by atoms with Crippen LogP contribution in [-0.4, -0.2) is 13.4 Å². The van der Waals surface area contributed by atoms with Gasteiger partial charge in [-0.1, -0.05) is 17.7 Å². The lowest BCUT2D eigenvalue weighted by Gasteiger charge is -2.09. The van der Waals surface area contributed by atoms with E-state index >= 15 is 0 Å². The Labute approximate surface area is 110 Å². The number of hydrogen-bond donors (Lipinski definition) is 2. The van der Waals surface area contributed by atoms with E-state index in [2.05, 4.69) is 9.71 Å². The van der Waals surface area contributed by atoms with Crippen molar-refractivity contribution < 1.29 is 8.42 Å². The van der Waals surface area contributed by atoms with Gasteiger partial charge in [0, 0.05) is 11.9 Å². The van der Waals surface area contributed by atoms with Crippen molar-refractivity contribution in [1.29, 1.82) is 0 Å². The molecule has 0 aliphatic rings. The average Bonchev–Trinajstić information content (AvgIpc) is 2.32. The summed E-state index contributed by atoms with van der Waals surface area (Å²) in [5.74, 6) is 0. The SMILES string of the molecule is Nc1cccc(S(=O)(=O)Nc2cccnc2Cl)c1. The number of anilines is 2. The predicted octanol–water partition coefficient (Wildman–Crippen LogP) is 2.12. The zero-order valence-electron chi connectivity index (χ0n) is 9.17. The molecule has 0 unspecified atom stereocenters. The molecule has 7 heteroatoms. The molecule has 5 nitrogen and oxygen atoms in total. The minimum atomic E-state index is -3.71. The van der Waals surface area contributed by atoms with Crippen LogP contribution >= 0.6 is 11.6 Å². The van der Waals surface area contributed by atoms with Gasteiger partial charge in [0.25, 0.3) is 10.0 Å². The van der Waals surface area contributed by atoms with Crippen molar-refractivity contribution in [3.05, 3.63) is 47.7 Å². The minimum Gasteiger partial charge on any atom is -0.399 e. The van der Waals surface area contributed by atoms with Gasteiger partial charge in [-0.3, -0.25) is 4.72 Å². The zero-order valence-corrected chi connectivity index (χ0v) is 10.7. The van der Waals surface area contributed by atoms with E-state index in [1.54, 1.807) is 18.2 Å². The highest BCUT2D eigenvalue weighted by atomic mass is 35.5. The molecule has 1 aromatic carbocycles. The van der Waals surface area contributed by atoms with Crippen LogP contribution < -0.4 is 10.5 Å². The van der Waals surface area contributed by atoms with Crippen LogP contribution in [0.2, 0.25) is 5.15 Å². The number of rotatable bonds is 3. The van der Waals surface area contributed by atoms with Gasteiger partial charge < -0.3 is 5.73 Å². The molecule has 0 fully saturated rings. The first-order valence-electron chi connectivity index (χ1n) is 4.98. The summed E-state index contributed by atoms with van der Waals surface area (Å²) in [6, 6.07) is 9.10. The normalized spacial score (nSPS) is 11.2. The van der Waals surface area contributed by atoms with Crippen LogP contribution in [0, 0.1) is 0 Å². The standard InChI is InChI=1S/C11H10ClN3O2S/c12-11-10(5-2-6-14-11)15-18(16,17)9-4-1-3-8(13)7-9/h1-7,15H,13H2. The summed E-state index contributed by atoms with van der Waals surface area (Å²) < 4.78 is 26.5. The third-order valence-corrected chi connectivity index (χ3v) is 3.84. The smallest absolute Gasteiger partial charge is 0.262 e. The van der Waals surface area contributed by atoms with Crippen LogP contribution in [0.3, 0.4) is 0 Å². The molecule has 0 radical (unpaired) electrons. The molecule has 0 aliphatic carbocycles. The highest BCUT2D eigenvalue weighted by Crippen LogP contribution is 2.22. The zero-order chi connectivity index (χ0) is 13.2. The van der Waals surface area contributed by atoms with Crippen molar-refractivity contribution in [2.24, 2.45) is 0 Å². The molecule has 2 rings (SSSR count). The Hall–Kier alpha value is -1.79. The van der Waals surface area contributed by atoms with Crippen molar-refractivity contribution in [1.82, 2.24) is 4.98 Å². The Kier molecular flexibility index (Phi) is 3.40. The summed E-state index contributed by atoms with van der Waals surface area (Å²) in [6.45, 7) is 0. The van der Waals surface area contributed by atoms with Gasteiger partial charge in [-0.25, -0.2) is 13.4 Å². The first-order valence-corrected chi connectivity index (χ1v) is 6.84. The number of nitrogens with one attached hydrogen (secondary N) is 1. The maximum atomic E-state index is 12.1. The lowest BCUT2D eigenvalue weighted by molar-refractivity contribution is 0.601. The molecule has 0 amide bonds. The average molecular weight is 284 g/mol. The monoisotopic (exact) mass is 283 g/mol. The molecule has 1 aromatic heterocycles. The number of halogens is 1. The molecule has 1 heterocycles. The number of benzene rings is 1. The van der Waals surface area contributed by atoms with Gasteiger partial charge in [-0.2, -0.15) is 0 Å². The molecule has 0 bridgehead atoms. The first kappa shape index (κ1) is 12.7. The van der Waals surface area contributed by atoms with Crippen LogP contribution in [0.4, 0.5) is 11.4 Å². The summed E-state index contributed by atoms with van der Waals surface area (Å²) in [5.41, 5.74) is 6.14. The number of pyridine rings is 1. The second-order valence-corrected chi connectivity index (χ2v) is 5.56. The van der Waals surface area contributed by atoms with Crippen molar-refractivity contribution in [3.63, 3.8) is 0 Å².